The highest BCUT2D eigenvalue weighted by Gasteiger charge is 2.31. The van der Waals surface area contributed by atoms with Crippen molar-refractivity contribution in [2.24, 2.45) is 5.73 Å². The van der Waals surface area contributed by atoms with E-state index in [0.29, 0.717) is 12.8 Å². The first-order valence-corrected chi connectivity index (χ1v) is 7.65. The summed E-state index contributed by atoms with van der Waals surface area (Å²) in [5.41, 5.74) is 5.73. The Morgan fingerprint density at radius 2 is 1.81 bits per heavy atom. The van der Waals surface area contributed by atoms with E-state index < -0.39 is 16.6 Å². The van der Waals surface area contributed by atoms with Gasteiger partial charge in [0.25, 0.3) is 0 Å². The van der Waals surface area contributed by atoms with Gasteiger partial charge in [0, 0.05) is 19.1 Å². The van der Waals surface area contributed by atoms with Crippen LogP contribution in [0.3, 0.4) is 0 Å². The number of halogens is 3. The van der Waals surface area contributed by atoms with Gasteiger partial charge in [-0.05, 0) is 25.0 Å². The fourth-order valence-electron chi connectivity index (χ4n) is 2.11. The predicted octanol–water partition coefficient (Wildman–Crippen LogP) is 1.82. The van der Waals surface area contributed by atoms with Crippen LogP contribution in [-0.2, 0) is 10.0 Å². The smallest absolute Gasteiger partial charge is 0.387 e. The number of piperidine rings is 1. The van der Waals surface area contributed by atoms with E-state index >= 15 is 0 Å². The Bertz CT molecular complexity index is 563. The van der Waals surface area contributed by atoms with Gasteiger partial charge in [-0.25, -0.2) is 8.42 Å². The van der Waals surface area contributed by atoms with Gasteiger partial charge in [0.2, 0.25) is 10.0 Å². The predicted molar refractivity (Wildman–Crippen MR) is 76.3 cm³/mol. The molecule has 21 heavy (non-hydrogen) atoms. The summed E-state index contributed by atoms with van der Waals surface area (Å²) in [6.45, 7) is -2.50. The Labute approximate surface area is 128 Å². The normalized spacial score (nSPS) is 17.5. The molecule has 0 spiro atoms. The Hall–Kier alpha value is -0.960. The number of nitrogens with two attached hydrogens (primary N) is 1. The lowest BCUT2D eigenvalue weighted by Crippen LogP contribution is -2.42. The maximum atomic E-state index is 12.5. The lowest BCUT2D eigenvalue weighted by atomic mass is 10.1. The number of benzene rings is 1. The monoisotopic (exact) mass is 342 g/mol. The zero-order chi connectivity index (χ0) is 14.8. The van der Waals surface area contributed by atoms with Crippen molar-refractivity contribution in [1.82, 2.24) is 4.31 Å². The van der Waals surface area contributed by atoms with E-state index in [0.717, 1.165) is 0 Å². The second kappa shape index (κ2) is 7.35. The second-order valence-corrected chi connectivity index (χ2v) is 6.47. The minimum absolute atomic E-state index is 0. The van der Waals surface area contributed by atoms with Crippen LogP contribution in [0.15, 0.2) is 29.2 Å². The third-order valence-electron chi connectivity index (χ3n) is 3.18. The average molecular weight is 343 g/mol. The van der Waals surface area contributed by atoms with Crippen molar-refractivity contribution in [3.8, 4) is 5.75 Å². The molecular formula is C12H17ClF2N2O3S. The van der Waals surface area contributed by atoms with Crippen LogP contribution < -0.4 is 10.5 Å². The first-order chi connectivity index (χ1) is 9.41. The molecule has 2 rings (SSSR count). The molecule has 2 N–H and O–H groups in total. The highest BCUT2D eigenvalue weighted by atomic mass is 35.5. The standard InChI is InChI=1S/C12H16F2N2O3S.ClH/c13-12(14)19-10-3-1-2-4-11(10)20(17,18)16-7-5-9(15)6-8-16;/h1-4,9,12H,5-8,15H2;1H. The van der Waals surface area contributed by atoms with E-state index in [-0.39, 0.29) is 42.2 Å². The van der Waals surface area contributed by atoms with Crippen LogP contribution in [-0.4, -0.2) is 38.5 Å². The SMILES string of the molecule is Cl.NC1CCN(S(=O)(=O)c2ccccc2OC(F)F)CC1. The molecule has 0 bridgehead atoms. The lowest BCUT2D eigenvalue weighted by Gasteiger charge is -2.29. The molecule has 1 aromatic rings. The van der Waals surface area contributed by atoms with Crippen LogP contribution >= 0.6 is 12.4 Å². The summed E-state index contributed by atoms with van der Waals surface area (Å²) in [5, 5.41) is 0. The number of ether oxygens (including phenoxy) is 1. The minimum atomic E-state index is -3.84. The second-order valence-electron chi connectivity index (χ2n) is 4.57. The van der Waals surface area contributed by atoms with Gasteiger partial charge in [-0.15, -0.1) is 12.4 Å². The zero-order valence-corrected chi connectivity index (χ0v) is 12.7. The van der Waals surface area contributed by atoms with Crippen molar-refractivity contribution < 1.29 is 21.9 Å². The fraction of sp³-hybridized carbons (Fsp3) is 0.500. The molecule has 0 unspecified atom stereocenters. The minimum Gasteiger partial charge on any atom is -0.433 e. The first kappa shape index (κ1) is 18.1. The molecule has 9 heteroatoms. The maximum absolute atomic E-state index is 12.5. The quantitative estimate of drug-likeness (QED) is 0.906. The van der Waals surface area contributed by atoms with E-state index in [1.54, 1.807) is 0 Å². The van der Waals surface area contributed by atoms with Crippen molar-refractivity contribution in [3.05, 3.63) is 24.3 Å². The number of alkyl halides is 2. The third kappa shape index (κ3) is 4.26. The van der Waals surface area contributed by atoms with Crippen molar-refractivity contribution in [1.29, 1.82) is 0 Å². The van der Waals surface area contributed by atoms with Crippen LogP contribution in [0.2, 0.25) is 0 Å². The average Bonchev–Trinajstić information content (AvgIpc) is 2.39. The molecule has 1 aromatic carbocycles. The molecule has 0 aliphatic carbocycles. The molecule has 1 fully saturated rings. The summed E-state index contributed by atoms with van der Waals surface area (Å²) in [5.74, 6) is -0.336. The van der Waals surface area contributed by atoms with Crippen LogP contribution in [0, 0.1) is 0 Å². The largest absolute Gasteiger partial charge is 0.433 e. The van der Waals surface area contributed by atoms with Gasteiger partial charge in [-0.2, -0.15) is 13.1 Å². The molecule has 0 aromatic heterocycles. The van der Waals surface area contributed by atoms with E-state index in [2.05, 4.69) is 4.74 Å². The third-order valence-corrected chi connectivity index (χ3v) is 5.12. The van der Waals surface area contributed by atoms with Crippen LogP contribution in [0.5, 0.6) is 5.75 Å². The first-order valence-electron chi connectivity index (χ1n) is 6.21. The number of hydrogen-bond donors (Lipinski definition) is 1. The number of sulfonamides is 1. The molecule has 0 saturated carbocycles. The summed E-state index contributed by atoms with van der Waals surface area (Å²) >= 11 is 0. The molecule has 1 aliphatic heterocycles. The molecule has 0 amide bonds. The van der Waals surface area contributed by atoms with Crippen molar-refractivity contribution in [2.45, 2.75) is 30.4 Å². The van der Waals surface area contributed by atoms with Gasteiger partial charge in [-0.1, -0.05) is 12.1 Å². The summed E-state index contributed by atoms with van der Waals surface area (Å²) in [6.07, 6.45) is 1.11. The van der Waals surface area contributed by atoms with Crippen LogP contribution in [0.1, 0.15) is 12.8 Å². The van der Waals surface area contributed by atoms with E-state index in [1.165, 1.54) is 28.6 Å². The topological polar surface area (TPSA) is 72.6 Å². The molecule has 0 atom stereocenters. The highest BCUT2D eigenvalue weighted by molar-refractivity contribution is 7.89. The van der Waals surface area contributed by atoms with Crippen molar-refractivity contribution >= 4 is 22.4 Å². The summed E-state index contributed by atoms with van der Waals surface area (Å²) in [6, 6.07) is 5.38. The Morgan fingerprint density at radius 3 is 2.38 bits per heavy atom. The Kier molecular flexibility index (Phi) is 6.33. The van der Waals surface area contributed by atoms with Gasteiger partial charge in [0.05, 0.1) is 0 Å². The van der Waals surface area contributed by atoms with Gasteiger partial charge < -0.3 is 10.5 Å². The molecule has 0 radical (unpaired) electrons. The molecule has 1 saturated heterocycles. The van der Waals surface area contributed by atoms with Crippen molar-refractivity contribution in [3.63, 3.8) is 0 Å². The Balaban J connectivity index is 0.00000220. The number of rotatable bonds is 4. The van der Waals surface area contributed by atoms with E-state index in [9.17, 15) is 17.2 Å². The van der Waals surface area contributed by atoms with E-state index in [4.69, 9.17) is 5.73 Å². The highest BCUT2D eigenvalue weighted by Crippen LogP contribution is 2.29. The summed E-state index contributed by atoms with van der Waals surface area (Å²) < 4.78 is 55.1. The zero-order valence-electron chi connectivity index (χ0n) is 11.1. The maximum Gasteiger partial charge on any atom is 0.387 e. The van der Waals surface area contributed by atoms with Crippen LogP contribution in [0.25, 0.3) is 0 Å². The number of para-hydroxylation sites is 1. The van der Waals surface area contributed by atoms with Crippen LogP contribution in [0.4, 0.5) is 8.78 Å². The Morgan fingerprint density at radius 1 is 1.24 bits per heavy atom. The fourth-order valence-corrected chi connectivity index (χ4v) is 3.70. The molecular weight excluding hydrogens is 326 g/mol. The van der Waals surface area contributed by atoms with E-state index in [1.807, 2.05) is 0 Å². The summed E-state index contributed by atoms with van der Waals surface area (Å²) in [7, 11) is -3.84. The molecule has 120 valence electrons. The number of nitrogens with zero attached hydrogens (tertiary/aromatic N) is 1. The molecule has 1 heterocycles. The lowest BCUT2D eigenvalue weighted by molar-refractivity contribution is -0.0517. The van der Waals surface area contributed by atoms with Gasteiger partial charge in [0.15, 0.2) is 0 Å². The van der Waals surface area contributed by atoms with Crippen molar-refractivity contribution in [2.75, 3.05) is 13.1 Å². The van der Waals surface area contributed by atoms with Gasteiger partial charge >= 0.3 is 6.61 Å². The summed E-state index contributed by atoms with van der Waals surface area (Å²) in [4.78, 5) is -0.240. The number of hydrogen-bond acceptors (Lipinski definition) is 4. The van der Waals surface area contributed by atoms with Gasteiger partial charge in [0.1, 0.15) is 10.6 Å². The molecule has 5 nitrogen and oxygen atoms in total. The molecule has 1 aliphatic rings. The van der Waals surface area contributed by atoms with Gasteiger partial charge in [-0.3, -0.25) is 0 Å².